The maximum Gasteiger partial charge on any atom is 0.295 e. The quantitative estimate of drug-likeness (QED) is 0.216. The third kappa shape index (κ3) is 6.44. The molecule has 0 unspecified atom stereocenters. The van der Waals surface area contributed by atoms with Crippen molar-refractivity contribution in [1.82, 2.24) is 0 Å². The van der Waals surface area contributed by atoms with Crippen molar-refractivity contribution in [2.75, 3.05) is 35.2 Å². The number of aliphatic hydroxyl groups is 1. The lowest BCUT2D eigenvalue weighted by Crippen LogP contribution is -2.20. The Labute approximate surface area is 201 Å². The molecule has 0 bridgehead atoms. The van der Waals surface area contributed by atoms with Crippen LogP contribution in [0.15, 0.2) is 76.7 Å². The minimum atomic E-state index is -4.08. The van der Waals surface area contributed by atoms with E-state index in [1.807, 2.05) is 24.1 Å². The fourth-order valence-electron chi connectivity index (χ4n) is 2.96. The van der Waals surface area contributed by atoms with Crippen molar-refractivity contribution >= 4 is 50.6 Å². The number of nitrogens with zero attached hydrogens (tertiary/aromatic N) is 3. The van der Waals surface area contributed by atoms with Crippen LogP contribution in [0.5, 0.6) is 0 Å². The van der Waals surface area contributed by atoms with E-state index < -0.39 is 20.6 Å². The number of sulfonamides is 1. The number of hydrogen-bond donors (Lipinski definition) is 3. The number of hydrazone groups is 1. The van der Waals surface area contributed by atoms with E-state index in [-0.39, 0.29) is 22.9 Å². The number of likely N-dealkylation sites (N-methyl/N-ethyl adjacent to an activating group) is 1. The van der Waals surface area contributed by atoms with Gasteiger partial charge in [0.2, 0.25) is 0 Å². The van der Waals surface area contributed by atoms with Gasteiger partial charge in [-0.25, -0.2) is 8.42 Å². The van der Waals surface area contributed by atoms with Gasteiger partial charge in [-0.3, -0.25) is 20.3 Å². The van der Waals surface area contributed by atoms with Crippen LogP contribution in [0.3, 0.4) is 0 Å². The third-order valence-corrected chi connectivity index (χ3v) is 6.33. The fourth-order valence-corrected chi connectivity index (χ4v) is 4.22. The summed E-state index contributed by atoms with van der Waals surface area (Å²) in [6.07, 6.45) is 1.48. The van der Waals surface area contributed by atoms with Crippen LogP contribution in [0, 0.1) is 10.1 Å². The van der Waals surface area contributed by atoms with Gasteiger partial charge in [-0.05, 0) is 48.0 Å². The molecule has 3 aromatic rings. The lowest BCUT2D eigenvalue weighted by molar-refractivity contribution is -0.384. The van der Waals surface area contributed by atoms with E-state index >= 15 is 0 Å². The van der Waals surface area contributed by atoms with Crippen LogP contribution in [0.25, 0.3) is 0 Å². The zero-order valence-electron chi connectivity index (χ0n) is 18.1. The average molecular weight is 504 g/mol. The van der Waals surface area contributed by atoms with Gasteiger partial charge in [-0.15, -0.1) is 0 Å². The molecule has 0 spiro atoms. The summed E-state index contributed by atoms with van der Waals surface area (Å²) in [5.74, 6) is 0. The molecule has 0 fully saturated rings. The largest absolute Gasteiger partial charge is 0.395 e. The van der Waals surface area contributed by atoms with Crippen molar-refractivity contribution < 1.29 is 18.4 Å². The highest BCUT2D eigenvalue weighted by atomic mass is 35.5. The second-order valence-electron chi connectivity index (χ2n) is 7.16. The van der Waals surface area contributed by atoms with Gasteiger partial charge in [-0.2, -0.15) is 5.10 Å². The van der Waals surface area contributed by atoms with Gasteiger partial charge in [0, 0.05) is 30.4 Å². The molecule has 0 aromatic heterocycles. The van der Waals surface area contributed by atoms with Crippen molar-refractivity contribution in [2.24, 2.45) is 5.10 Å². The highest BCUT2D eigenvalue weighted by Gasteiger charge is 2.21. The molecular weight excluding hydrogens is 482 g/mol. The summed E-state index contributed by atoms with van der Waals surface area (Å²) in [6, 6.07) is 16.9. The van der Waals surface area contributed by atoms with Gasteiger partial charge in [0.15, 0.2) is 0 Å². The SMILES string of the molecule is CN(CCO)c1ccc(/C=N\Nc2ccc(S(=O)(=O)Nc3cccc(Cl)c3)cc2[N+](=O)[O-])cc1. The summed E-state index contributed by atoms with van der Waals surface area (Å²) >= 11 is 5.88. The number of benzene rings is 3. The molecule has 0 saturated carbocycles. The van der Waals surface area contributed by atoms with Crippen LogP contribution in [-0.2, 0) is 10.0 Å². The average Bonchev–Trinajstić information content (AvgIpc) is 2.79. The van der Waals surface area contributed by atoms with E-state index in [0.29, 0.717) is 11.6 Å². The Hall–Kier alpha value is -3.67. The molecule has 0 aliphatic rings. The fraction of sp³-hybridized carbons (Fsp3) is 0.136. The molecule has 34 heavy (non-hydrogen) atoms. The van der Waals surface area contributed by atoms with Crippen LogP contribution < -0.4 is 15.0 Å². The van der Waals surface area contributed by atoms with E-state index in [0.717, 1.165) is 17.3 Å². The highest BCUT2D eigenvalue weighted by molar-refractivity contribution is 7.92. The Morgan fingerprint density at radius 2 is 1.88 bits per heavy atom. The molecule has 0 aliphatic heterocycles. The van der Waals surface area contributed by atoms with Crippen molar-refractivity contribution in [1.29, 1.82) is 0 Å². The standard InChI is InChI=1S/C22H22ClN5O5S/c1-27(11-12-29)19-7-5-16(6-8-19)15-24-25-21-10-9-20(14-22(21)28(30)31)34(32,33)26-18-4-2-3-17(23)13-18/h2-10,13-15,25-26,29H,11-12H2,1H3/b24-15-. The van der Waals surface area contributed by atoms with Gasteiger partial charge < -0.3 is 10.0 Å². The molecule has 0 heterocycles. The third-order valence-electron chi connectivity index (χ3n) is 4.72. The number of aliphatic hydroxyl groups excluding tert-OH is 1. The van der Waals surface area contributed by atoms with E-state index in [4.69, 9.17) is 16.7 Å². The van der Waals surface area contributed by atoms with Crippen molar-refractivity contribution in [2.45, 2.75) is 4.90 Å². The topological polar surface area (TPSA) is 137 Å². The van der Waals surface area contributed by atoms with Crippen LogP contribution in [0.1, 0.15) is 5.56 Å². The zero-order valence-corrected chi connectivity index (χ0v) is 19.6. The molecular formula is C22H22ClN5O5S. The predicted molar refractivity (Wildman–Crippen MR) is 133 cm³/mol. The zero-order chi connectivity index (χ0) is 24.7. The molecule has 178 valence electrons. The minimum absolute atomic E-state index is 0.0299. The second kappa shape index (κ2) is 11.0. The molecule has 3 N–H and O–H groups in total. The number of halogens is 1. The summed E-state index contributed by atoms with van der Waals surface area (Å²) in [5.41, 5.74) is 4.05. The van der Waals surface area contributed by atoms with Gasteiger partial charge in [-0.1, -0.05) is 29.8 Å². The number of nitrogens with one attached hydrogen (secondary N) is 2. The molecule has 0 aliphatic carbocycles. The lowest BCUT2D eigenvalue weighted by atomic mass is 10.2. The lowest BCUT2D eigenvalue weighted by Gasteiger charge is -2.17. The molecule has 10 nitrogen and oxygen atoms in total. The van der Waals surface area contributed by atoms with Crippen LogP contribution in [-0.4, -0.2) is 44.9 Å². The Bertz CT molecular complexity index is 1300. The van der Waals surface area contributed by atoms with Crippen LogP contribution in [0.4, 0.5) is 22.7 Å². The smallest absolute Gasteiger partial charge is 0.295 e. The van der Waals surface area contributed by atoms with Crippen LogP contribution in [0.2, 0.25) is 5.02 Å². The number of rotatable bonds is 10. The van der Waals surface area contributed by atoms with E-state index in [9.17, 15) is 18.5 Å². The summed E-state index contributed by atoms with van der Waals surface area (Å²) in [6.45, 7) is 0.540. The van der Waals surface area contributed by atoms with E-state index in [2.05, 4.69) is 15.2 Å². The minimum Gasteiger partial charge on any atom is -0.395 e. The monoisotopic (exact) mass is 503 g/mol. The Morgan fingerprint density at radius 1 is 1.15 bits per heavy atom. The first-order valence-electron chi connectivity index (χ1n) is 9.97. The van der Waals surface area contributed by atoms with Crippen LogP contribution >= 0.6 is 11.6 Å². The molecule has 12 heteroatoms. The summed E-state index contributed by atoms with van der Waals surface area (Å²) in [5, 5.41) is 24.9. The van der Waals surface area contributed by atoms with Gasteiger partial charge in [0.25, 0.3) is 15.7 Å². The second-order valence-corrected chi connectivity index (χ2v) is 9.28. The first-order valence-corrected chi connectivity index (χ1v) is 11.8. The molecule has 0 saturated heterocycles. The van der Waals surface area contributed by atoms with E-state index in [1.54, 1.807) is 24.3 Å². The number of nitro benzene ring substituents is 1. The first kappa shape index (κ1) is 25.0. The maximum absolute atomic E-state index is 12.7. The Kier molecular flexibility index (Phi) is 8.05. The number of anilines is 3. The molecule has 0 amide bonds. The van der Waals surface area contributed by atoms with Gasteiger partial charge in [0.1, 0.15) is 5.69 Å². The normalized spacial score (nSPS) is 11.4. The Balaban J connectivity index is 1.76. The summed E-state index contributed by atoms with van der Waals surface area (Å²) in [7, 11) is -2.23. The highest BCUT2D eigenvalue weighted by Crippen LogP contribution is 2.29. The molecule has 0 atom stereocenters. The van der Waals surface area contributed by atoms with Crippen molar-refractivity contribution in [3.63, 3.8) is 0 Å². The summed E-state index contributed by atoms with van der Waals surface area (Å²) < 4.78 is 27.7. The first-order chi connectivity index (χ1) is 16.2. The molecule has 3 rings (SSSR count). The predicted octanol–water partition coefficient (Wildman–Crippen LogP) is 3.92. The molecule has 3 aromatic carbocycles. The Morgan fingerprint density at radius 3 is 2.53 bits per heavy atom. The van der Waals surface area contributed by atoms with Crippen molar-refractivity contribution in [3.8, 4) is 0 Å². The van der Waals surface area contributed by atoms with E-state index in [1.165, 1.54) is 30.5 Å². The van der Waals surface area contributed by atoms with Gasteiger partial charge >= 0.3 is 0 Å². The maximum atomic E-state index is 12.7. The number of nitro groups is 1. The van der Waals surface area contributed by atoms with Crippen molar-refractivity contribution in [3.05, 3.63) is 87.4 Å². The summed E-state index contributed by atoms with van der Waals surface area (Å²) in [4.78, 5) is 12.5. The van der Waals surface area contributed by atoms with Gasteiger partial charge in [0.05, 0.1) is 28.3 Å². The number of hydrogen-bond acceptors (Lipinski definition) is 8. The molecule has 0 radical (unpaired) electrons.